The van der Waals surface area contributed by atoms with E-state index >= 15 is 0 Å². The van der Waals surface area contributed by atoms with Crippen molar-refractivity contribution >= 4 is 0 Å². The van der Waals surface area contributed by atoms with Crippen molar-refractivity contribution in [1.82, 2.24) is 0 Å². The van der Waals surface area contributed by atoms with E-state index in [4.69, 9.17) is 9.47 Å². The first kappa shape index (κ1) is 17.9. The van der Waals surface area contributed by atoms with Crippen molar-refractivity contribution in [2.24, 2.45) is 0 Å². The van der Waals surface area contributed by atoms with Crippen molar-refractivity contribution in [2.75, 3.05) is 7.11 Å². The summed E-state index contributed by atoms with van der Waals surface area (Å²) in [6.07, 6.45) is 10.7. The second kappa shape index (κ2) is 12.0. The Balaban J connectivity index is 3.55. The van der Waals surface area contributed by atoms with Crippen LogP contribution < -0.4 is 0 Å². The normalized spacial score (nSPS) is 15.0. The highest BCUT2D eigenvalue weighted by Gasteiger charge is 2.17. The summed E-state index contributed by atoms with van der Waals surface area (Å²) in [5.74, 6) is 0. The molecule has 0 aromatic heterocycles. The summed E-state index contributed by atoms with van der Waals surface area (Å²) in [4.78, 5) is 0. The molecule has 0 aliphatic rings. The smallest absolute Gasteiger partial charge is 0.0840 e. The van der Waals surface area contributed by atoms with E-state index < -0.39 is 0 Å². The Morgan fingerprint density at radius 1 is 0.944 bits per heavy atom. The fraction of sp³-hybridized carbons (Fsp3) is 0.938. The van der Waals surface area contributed by atoms with Crippen molar-refractivity contribution in [3.05, 3.63) is 6.92 Å². The minimum Gasteiger partial charge on any atom is -0.379 e. The summed E-state index contributed by atoms with van der Waals surface area (Å²) >= 11 is 0. The van der Waals surface area contributed by atoms with E-state index in [0.29, 0.717) is 0 Å². The van der Waals surface area contributed by atoms with Crippen LogP contribution in [0.3, 0.4) is 0 Å². The largest absolute Gasteiger partial charge is 0.379 e. The zero-order valence-corrected chi connectivity index (χ0v) is 12.9. The van der Waals surface area contributed by atoms with E-state index in [-0.39, 0.29) is 18.3 Å². The van der Waals surface area contributed by atoms with Gasteiger partial charge in [0.05, 0.1) is 18.3 Å². The second-order valence-corrected chi connectivity index (χ2v) is 5.41. The van der Waals surface area contributed by atoms with Gasteiger partial charge in [-0.1, -0.05) is 51.9 Å². The maximum atomic E-state index is 5.68. The van der Waals surface area contributed by atoms with Gasteiger partial charge >= 0.3 is 0 Å². The molecule has 18 heavy (non-hydrogen) atoms. The molecule has 2 atom stereocenters. The van der Waals surface area contributed by atoms with Gasteiger partial charge in [0.1, 0.15) is 0 Å². The molecule has 2 nitrogen and oxygen atoms in total. The van der Waals surface area contributed by atoms with Crippen LogP contribution in [0.25, 0.3) is 0 Å². The number of ether oxygens (including phenoxy) is 2. The third kappa shape index (κ3) is 9.90. The molecule has 2 heteroatoms. The molecule has 0 saturated carbocycles. The molecule has 0 aromatic carbocycles. The monoisotopic (exact) mass is 257 g/mol. The van der Waals surface area contributed by atoms with Gasteiger partial charge in [0.2, 0.25) is 0 Å². The lowest BCUT2D eigenvalue weighted by Gasteiger charge is -2.24. The molecular formula is C16H33O2. The summed E-state index contributed by atoms with van der Waals surface area (Å²) in [6.45, 7) is 10.4. The molecule has 0 rings (SSSR count). The Kier molecular flexibility index (Phi) is 11.9. The Labute approximate surface area is 114 Å². The fourth-order valence-corrected chi connectivity index (χ4v) is 2.20. The standard InChI is InChI=1S/C16H33O2/c1-6-7-8-9-10-11-12-13-16(17-5)15(4)18-14(2)3/h14-16H,4,6-13H2,1-3,5H3. The van der Waals surface area contributed by atoms with Crippen LogP contribution in [0, 0.1) is 6.92 Å². The summed E-state index contributed by atoms with van der Waals surface area (Å²) in [5, 5.41) is 0. The number of methoxy groups -OCH3 is 1. The minimum absolute atomic E-state index is 0.0462. The van der Waals surface area contributed by atoms with E-state index in [1.165, 1.54) is 44.9 Å². The zero-order valence-electron chi connectivity index (χ0n) is 12.9. The molecule has 0 N–H and O–H groups in total. The zero-order chi connectivity index (χ0) is 13.8. The van der Waals surface area contributed by atoms with E-state index in [1.807, 2.05) is 13.8 Å². The molecule has 0 saturated heterocycles. The number of hydrogen-bond acceptors (Lipinski definition) is 2. The lowest BCUT2D eigenvalue weighted by molar-refractivity contribution is -0.0610. The third-order valence-electron chi connectivity index (χ3n) is 3.26. The second-order valence-electron chi connectivity index (χ2n) is 5.41. The SMILES string of the molecule is [CH2]C(OC(C)C)C(CCCCCCCCC)OC. The van der Waals surface area contributed by atoms with Gasteiger partial charge in [0.25, 0.3) is 0 Å². The van der Waals surface area contributed by atoms with Crippen molar-refractivity contribution in [3.8, 4) is 0 Å². The summed E-state index contributed by atoms with van der Waals surface area (Å²) < 4.78 is 11.1. The molecule has 109 valence electrons. The highest BCUT2D eigenvalue weighted by atomic mass is 16.5. The fourth-order valence-electron chi connectivity index (χ4n) is 2.20. The van der Waals surface area contributed by atoms with Gasteiger partial charge in [0, 0.05) is 7.11 Å². The van der Waals surface area contributed by atoms with Gasteiger partial charge in [0.15, 0.2) is 0 Å². The average Bonchev–Trinajstić information content (AvgIpc) is 2.31. The Bertz CT molecular complexity index is 168. The van der Waals surface area contributed by atoms with Gasteiger partial charge in [-0.2, -0.15) is 0 Å². The number of hydrogen-bond donors (Lipinski definition) is 0. The molecule has 0 aliphatic heterocycles. The van der Waals surface area contributed by atoms with Crippen LogP contribution in [-0.2, 0) is 9.47 Å². The van der Waals surface area contributed by atoms with Crippen molar-refractivity contribution in [2.45, 2.75) is 90.4 Å². The first-order chi connectivity index (χ1) is 8.61. The van der Waals surface area contributed by atoms with Gasteiger partial charge in [-0.05, 0) is 27.2 Å². The van der Waals surface area contributed by atoms with E-state index in [1.54, 1.807) is 7.11 Å². The summed E-state index contributed by atoms with van der Waals surface area (Å²) in [7, 11) is 1.76. The molecule has 0 amide bonds. The van der Waals surface area contributed by atoms with Crippen LogP contribution in [0.15, 0.2) is 0 Å². The molecule has 0 aromatic rings. The molecule has 0 aliphatic carbocycles. The predicted octanol–water partition coefficient (Wildman–Crippen LogP) is 4.77. The Morgan fingerprint density at radius 2 is 1.50 bits per heavy atom. The highest BCUT2D eigenvalue weighted by Crippen LogP contribution is 2.15. The molecule has 0 bridgehead atoms. The maximum Gasteiger partial charge on any atom is 0.0840 e. The highest BCUT2D eigenvalue weighted by molar-refractivity contribution is 4.73. The van der Waals surface area contributed by atoms with E-state index in [0.717, 1.165) is 6.42 Å². The first-order valence-electron chi connectivity index (χ1n) is 7.63. The first-order valence-corrected chi connectivity index (χ1v) is 7.63. The molecule has 0 fully saturated rings. The van der Waals surface area contributed by atoms with Crippen molar-refractivity contribution in [3.63, 3.8) is 0 Å². The predicted molar refractivity (Wildman–Crippen MR) is 78.8 cm³/mol. The van der Waals surface area contributed by atoms with Crippen LogP contribution in [0.1, 0.15) is 72.1 Å². The lowest BCUT2D eigenvalue weighted by Crippen LogP contribution is -2.30. The Hall–Kier alpha value is -0.0800. The van der Waals surface area contributed by atoms with Crippen LogP contribution in [-0.4, -0.2) is 25.4 Å². The lowest BCUT2D eigenvalue weighted by atomic mass is 10.0. The van der Waals surface area contributed by atoms with Crippen LogP contribution >= 0.6 is 0 Å². The molecule has 0 heterocycles. The van der Waals surface area contributed by atoms with Crippen LogP contribution in [0.2, 0.25) is 0 Å². The molecular weight excluding hydrogens is 224 g/mol. The molecule has 1 radical (unpaired) electrons. The third-order valence-corrected chi connectivity index (χ3v) is 3.26. The van der Waals surface area contributed by atoms with Gasteiger partial charge in [-0.25, -0.2) is 0 Å². The van der Waals surface area contributed by atoms with E-state index in [9.17, 15) is 0 Å². The maximum absolute atomic E-state index is 5.68. The topological polar surface area (TPSA) is 18.5 Å². The van der Waals surface area contributed by atoms with Gasteiger partial charge < -0.3 is 9.47 Å². The quantitative estimate of drug-likeness (QED) is 0.469. The van der Waals surface area contributed by atoms with Crippen LogP contribution in [0.5, 0.6) is 0 Å². The number of unbranched alkanes of at least 4 members (excludes halogenated alkanes) is 6. The van der Waals surface area contributed by atoms with Crippen molar-refractivity contribution < 1.29 is 9.47 Å². The molecule has 2 unspecified atom stereocenters. The van der Waals surface area contributed by atoms with E-state index in [2.05, 4.69) is 13.8 Å². The van der Waals surface area contributed by atoms with Crippen molar-refractivity contribution in [1.29, 1.82) is 0 Å². The molecule has 0 spiro atoms. The summed E-state index contributed by atoms with van der Waals surface area (Å²) in [5.41, 5.74) is 0. The summed E-state index contributed by atoms with van der Waals surface area (Å²) in [6, 6.07) is 0. The van der Waals surface area contributed by atoms with Gasteiger partial charge in [-0.15, -0.1) is 0 Å². The average molecular weight is 257 g/mol. The minimum atomic E-state index is -0.0462. The number of rotatable bonds is 12. The van der Waals surface area contributed by atoms with Crippen LogP contribution in [0.4, 0.5) is 0 Å². The Morgan fingerprint density at radius 3 is 2.00 bits per heavy atom. The van der Waals surface area contributed by atoms with Gasteiger partial charge in [-0.3, -0.25) is 0 Å².